The van der Waals surface area contributed by atoms with Crippen LogP contribution in [0.15, 0.2) is 28.2 Å². The summed E-state index contributed by atoms with van der Waals surface area (Å²) >= 11 is 1.61. The van der Waals surface area contributed by atoms with E-state index in [4.69, 9.17) is 10.2 Å². The molecule has 17 heavy (non-hydrogen) atoms. The van der Waals surface area contributed by atoms with Crippen LogP contribution in [0.4, 0.5) is 5.69 Å². The van der Waals surface area contributed by atoms with Crippen molar-refractivity contribution in [2.75, 3.05) is 5.73 Å². The predicted octanol–water partition coefficient (Wildman–Crippen LogP) is 2.77. The summed E-state index contributed by atoms with van der Waals surface area (Å²) in [7, 11) is 0. The Bertz CT molecular complexity index is 658. The molecular weight excluding hydrogens is 234 g/mol. The van der Waals surface area contributed by atoms with E-state index >= 15 is 0 Å². The lowest BCUT2D eigenvalue weighted by molar-refractivity contribution is 0.519. The monoisotopic (exact) mass is 245 g/mol. The predicted molar refractivity (Wildman–Crippen MR) is 68.1 cm³/mol. The molecule has 0 fully saturated rings. The van der Waals surface area contributed by atoms with Crippen molar-refractivity contribution in [2.45, 2.75) is 13.3 Å². The number of aryl methyl sites for hydroxylation is 1. The van der Waals surface area contributed by atoms with E-state index in [1.807, 2.05) is 24.4 Å². The number of thiophene rings is 1. The maximum absolute atomic E-state index is 6.12. The quantitative estimate of drug-likeness (QED) is 0.754. The molecule has 2 N–H and O–H groups in total. The number of rotatable bonds is 2. The third-order valence-corrected chi connectivity index (χ3v) is 3.81. The average Bonchev–Trinajstić information content (AvgIpc) is 2.93. The van der Waals surface area contributed by atoms with E-state index in [-0.39, 0.29) is 0 Å². The highest BCUT2D eigenvalue weighted by Crippen LogP contribution is 2.30. The normalized spacial score (nSPS) is 11.1. The highest BCUT2D eigenvalue weighted by atomic mass is 32.1. The first-order valence-electron chi connectivity index (χ1n) is 5.27. The van der Waals surface area contributed by atoms with Gasteiger partial charge in [-0.25, -0.2) is 0 Å². The van der Waals surface area contributed by atoms with Crippen LogP contribution in [0.3, 0.4) is 0 Å². The van der Waals surface area contributed by atoms with Gasteiger partial charge in [-0.2, -0.15) is 5.10 Å². The van der Waals surface area contributed by atoms with Gasteiger partial charge in [0, 0.05) is 0 Å². The van der Waals surface area contributed by atoms with Crippen LogP contribution >= 0.6 is 11.3 Å². The van der Waals surface area contributed by atoms with Crippen LogP contribution in [0.1, 0.15) is 17.0 Å². The number of anilines is 1. The molecule has 0 aliphatic heterocycles. The van der Waals surface area contributed by atoms with Crippen molar-refractivity contribution in [1.29, 1.82) is 0 Å². The first-order chi connectivity index (χ1) is 8.25. The zero-order valence-electron chi connectivity index (χ0n) is 9.30. The zero-order chi connectivity index (χ0) is 11.8. The third kappa shape index (κ3) is 1.68. The first kappa shape index (κ1) is 10.3. The Morgan fingerprint density at radius 2 is 2.29 bits per heavy atom. The van der Waals surface area contributed by atoms with E-state index < -0.39 is 0 Å². The molecule has 3 rings (SSSR count). The number of fused-ring (bicyclic) bond motifs is 1. The summed E-state index contributed by atoms with van der Waals surface area (Å²) < 4.78 is 6.30. The van der Waals surface area contributed by atoms with Crippen molar-refractivity contribution < 1.29 is 4.42 Å². The Morgan fingerprint density at radius 1 is 1.41 bits per heavy atom. The summed E-state index contributed by atoms with van der Waals surface area (Å²) in [4.78, 5) is 0. The molecule has 0 aliphatic rings. The second-order valence-electron chi connectivity index (χ2n) is 3.91. The molecule has 4 nitrogen and oxygen atoms in total. The maximum atomic E-state index is 6.12. The Balaban J connectivity index is 2.09. The summed E-state index contributed by atoms with van der Waals surface area (Å²) in [6.45, 7) is 2.01. The molecule has 0 unspecified atom stereocenters. The van der Waals surface area contributed by atoms with Crippen LogP contribution in [-0.4, -0.2) is 10.2 Å². The van der Waals surface area contributed by atoms with Crippen molar-refractivity contribution in [3.63, 3.8) is 0 Å². The van der Waals surface area contributed by atoms with E-state index in [9.17, 15) is 0 Å². The zero-order valence-corrected chi connectivity index (χ0v) is 10.1. The second-order valence-corrected chi connectivity index (χ2v) is 4.79. The average molecular weight is 245 g/mol. The largest absolute Gasteiger partial charge is 0.469 e. The molecule has 0 saturated carbocycles. The van der Waals surface area contributed by atoms with Gasteiger partial charge in [-0.3, -0.25) is 0 Å². The Labute approximate surface area is 102 Å². The number of hydrogen-bond acceptors (Lipinski definition) is 5. The fourth-order valence-corrected chi connectivity index (χ4v) is 2.72. The molecular formula is C12H11N3OS. The van der Waals surface area contributed by atoms with Crippen LogP contribution in [0, 0.1) is 6.92 Å². The second kappa shape index (κ2) is 3.85. The Kier molecular flexibility index (Phi) is 2.33. The highest BCUT2D eigenvalue weighted by molar-refractivity contribution is 7.18. The molecule has 3 heterocycles. The summed E-state index contributed by atoms with van der Waals surface area (Å²) in [5.74, 6) is 0.846. The molecule has 0 amide bonds. The lowest BCUT2D eigenvalue weighted by Gasteiger charge is -2.02. The van der Waals surface area contributed by atoms with Gasteiger partial charge in [0.05, 0.1) is 28.8 Å². The summed E-state index contributed by atoms with van der Waals surface area (Å²) in [6.07, 6.45) is 2.23. The van der Waals surface area contributed by atoms with Crippen molar-refractivity contribution in [3.05, 3.63) is 40.8 Å². The smallest absolute Gasteiger partial charge is 0.109 e. The fourth-order valence-electron chi connectivity index (χ4n) is 1.76. The first-order valence-corrected chi connectivity index (χ1v) is 6.15. The summed E-state index contributed by atoms with van der Waals surface area (Å²) in [5.41, 5.74) is 9.62. The van der Waals surface area contributed by atoms with E-state index in [0.717, 1.165) is 27.2 Å². The minimum atomic E-state index is 0.582. The van der Waals surface area contributed by atoms with Gasteiger partial charge < -0.3 is 10.2 Å². The van der Waals surface area contributed by atoms with Gasteiger partial charge in [-0.05, 0) is 30.0 Å². The molecule has 3 aromatic heterocycles. The molecule has 86 valence electrons. The topological polar surface area (TPSA) is 64.9 Å². The Morgan fingerprint density at radius 3 is 3.06 bits per heavy atom. The number of furan rings is 1. The SMILES string of the molecule is Cc1csc2c(N)c(Cc3ccco3)nnc12. The lowest BCUT2D eigenvalue weighted by Crippen LogP contribution is -2.01. The van der Waals surface area contributed by atoms with E-state index in [1.54, 1.807) is 17.6 Å². The number of aromatic nitrogens is 2. The lowest BCUT2D eigenvalue weighted by atomic mass is 10.2. The van der Waals surface area contributed by atoms with Gasteiger partial charge in [0.15, 0.2) is 0 Å². The highest BCUT2D eigenvalue weighted by Gasteiger charge is 2.12. The molecule has 0 saturated heterocycles. The molecule has 0 atom stereocenters. The number of hydrogen-bond donors (Lipinski definition) is 1. The fraction of sp³-hybridized carbons (Fsp3) is 0.167. The van der Waals surface area contributed by atoms with Crippen molar-refractivity contribution in [3.8, 4) is 0 Å². The van der Waals surface area contributed by atoms with Gasteiger partial charge >= 0.3 is 0 Å². The molecule has 0 spiro atoms. The minimum Gasteiger partial charge on any atom is -0.469 e. The summed E-state index contributed by atoms with van der Waals surface area (Å²) in [5, 5.41) is 10.5. The van der Waals surface area contributed by atoms with Crippen LogP contribution in [0.5, 0.6) is 0 Å². The van der Waals surface area contributed by atoms with Gasteiger partial charge in [-0.15, -0.1) is 16.4 Å². The molecule has 5 heteroatoms. The molecule has 0 bridgehead atoms. The van der Waals surface area contributed by atoms with Crippen LogP contribution < -0.4 is 5.73 Å². The number of nitrogens with two attached hydrogens (primary N) is 1. The van der Waals surface area contributed by atoms with Gasteiger partial charge in [-0.1, -0.05) is 0 Å². The summed E-state index contributed by atoms with van der Waals surface area (Å²) in [6, 6.07) is 3.76. The van der Waals surface area contributed by atoms with Crippen LogP contribution in [0.2, 0.25) is 0 Å². The van der Waals surface area contributed by atoms with Crippen LogP contribution in [0.25, 0.3) is 10.2 Å². The van der Waals surface area contributed by atoms with Crippen LogP contribution in [-0.2, 0) is 6.42 Å². The minimum absolute atomic E-state index is 0.582. The van der Waals surface area contributed by atoms with E-state index in [1.165, 1.54) is 0 Å². The van der Waals surface area contributed by atoms with Crippen molar-refractivity contribution in [1.82, 2.24) is 10.2 Å². The molecule has 0 aliphatic carbocycles. The maximum Gasteiger partial charge on any atom is 0.109 e. The number of nitrogens with zero attached hydrogens (tertiary/aromatic N) is 2. The van der Waals surface area contributed by atoms with Gasteiger partial charge in [0.2, 0.25) is 0 Å². The standard InChI is InChI=1S/C12H11N3OS/c1-7-6-17-12-10(13)9(14-15-11(7)12)5-8-3-2-4-16-8/h2-4,6H,5H2,1H3,(H2,13,15). The van der Waals surface area contributed by atoms with Crippen molar-refractivity contribution in [2.24, 2.45) is 0 Å². The number of nitrogen functional groups attached to an aromatic ring is 1. The molecule has 0 radical (unpaired) electrons. The van der Waals surface area contributed by atoms with Gasteiger partial charge in [0.25, 0.3) is 0 Å². The van der Waals surface area contributed by atoms with E-state index in [0.29, 0.717) is 12.1 Å². The van der Waals surface area contributed by atoms with Crippen molar-refractivity contribution >= 4 is 27.2 Å². The molecule has 0 aromatic carbocycles. The Hall–Kier alpha value is -1.88. The van der Waals surface area contributed by atoms with E-state index in [2.05, 4.69) is 10.2 Å². The molecule has 3 aromatic rings. The third-order valence-electron chi connectivity index (χ3n) is 2.69. The van der Waals surface area contributed by atoms with Gasteiger partial charge in [0.1, 0.15) is 11.3 Å².